The maximum atomic E-state index is 12.5. The van der Waals surface area contributed by atoms with Crippen molar-refractivity contribution in [1.82, 2.24) is 4.90 Å². The Morgan fingerprint density at radius 3 is 2.76 bits per heavy atom. The van der Waals surface area contributed by atoms with Crippen LogP contribution in [0.3, 0.4) is 0 Å². The smallest absolute Gasteiger partial charge is 0.257 e. The molecule has 1 amide bonds. The lowest BCUT2D eigenvalue weighted by atomic mass is 9.58. The summed E-state index contributed by atoms with van der Waals surface area (Å²) < 4.78 is 11.0. The standard InChI is InChI=1S/C16H23NO4/c1-3-20-14-10-13(18)16(14)5-7-17(8-6-16)15(19)12-4-9-21-11(12)2/h4,9,13-14,18H,3,5-8,10H2,1-2H3/t13-,14+/m1/s1. The van der Waals surface area contributed by atoms with E-state index >= 15 is 0 Å². The van der Waals surface area contributed by atoms with Gasteiger partial charge >= 0.3 is 0 Å². The maximum absolute atomic E-state index is 12.5. The minimum Gasteiger partial charge on any atom is -0.469 e. The Labute approximate surface area is 124 Å². The molecule has 1 saturated heterocycles. The number of aliphatic hydroxyl groups is 1. The number of furan rings is 1. The van der Waals surface area contributed by atoms with Gasteiger partial charge in [0.1, 0.15) is 5.76 Å². The fourth-order valence-electron chi connectivity index (χ4n) is 3.72. The number of rotatable bonds is 3. The van der Waals surface area contributed by atoms with Crippen molar-refractivity contribution in [1.29, 1.82) is 0 Å². The molecule has 3 rings (SSSR count). The first-order valence-corrected chi connectivity index (χ1v) is 7.71. The van der Waals surface area contributed by atoms with Crippen LogP contribution in [0.5, 0.6) is 0 Å². The van der Waals surface area contributed by atoms with Crippen molar-refractivity contribution in [3.8, 4) is 0 Å². The second-order valence-electron chi connectivity index (χ2n) is 6.11. The predicted octanol–water partition coefficient (Wildman–Crippen LogP) is 1.98. The molecule has 2 atom stereocenters. The SMILES string of the molecule is CCO[C@H]1C[C@@H](O)C12CCN(C(=O)c1ccoc1C)CC2. The van der Waals surface area contributed by atoms with E-state index in [2.05, 4.69) is 0 Å². The summed E-state index contributed by atoms with van der Waals surface area (Å²) in [6.07, 6.45) is 3.74. The molecule has 1 saturated carbocycles. The zero-order valence-corrected chi connectivity index (χ0v) is 12.7. The van der Waals surface area contributed by atoms with Gasteiger partial charge in [-0.05, 0) is 32.8 Å². The molecule has 5 nitrogen and oxygen atoms in total. The number of aryl methyl sites for hydroxylation is 1. The molecule has 0 aromatic carbocycles. The highest BCUT2D eigenvalue weighted by Gasteiger charge is 2.56. The van der Waals surface area contributed by atoms with Gasteiger partial charge in [-0.1, -0.05) is 0 Å². The van der Waals surface area contributed by atoms with Gasteiger partial charge in [-0.15, -0.1) is 0 Å². The predicted molar refractivity (Wildman–Crippen MR) is 77.1 cm³/mol. The van der Waals surface area contributed by atoms with E-state index in [4.69, 9.17) is 9.15 Å². The van der Waals surface area contributed by atoms with E-state index in [1.165, 1.54) is 0 Å². The zero-order valence-electron chi connectivity index (χ0n) is 12.7. The minimum absolute atomic E-state index is 0.0258. The van der Waals surface area contributed by atoms with Crippen LogP contribution in [0.1, 0.15) is 42.3 Å². The molecule has 21 heavy (non-hydrogen) atoms. The Morgan fingerprint density at radius 1 is 1.52 bits per heavy atom. The maximum Gasteiger partial charge on any atom is 0.257 e. The monoisotopic (exact) mass is 293 g/mol. The minimum atomic E-state index is -0.290. The number of carbonyl (C=O) groups excluding carboxylic acids is 1. The molecule has 0 unspecified atom stereocenters. The number of likely N-dealkylation sites (tertiary alicyclic amines) is 1. The summed E-state index contributed by atoms with van der Waals surface area (Å²) in [5.41, 5.74) is 0.500. The Hall–Kier alpha value is -1.33. The molecule has 1 aromatic rings. The topological polar surface area (TPSA) is 62.9 Å². The largest absolute Gasteiger partial charge is 0.469 e. The molecule has 1 aromatic heterocycles. The Morgan fingerprint density at radius 2 is 2.24 bits per heavy atom. The van der Waals surface area contributed by atoms with Crippen molar-refractivity contribution in [3.05, 3.63) is 23.7 Å². The van der Waals surface area contributed by atoms with Gasteiger partial charge in [0.15, 0.2) is 0 Å². The average molecular weight is 293 g/mol. The molecular weight excluding hydrogens is 270 g/mol. The van der Waals surface area contributed by atoms with Gasteiger partial charge in [0.2, 0.25) is 0 Å². The number of carbonyl (C=O) groups is 1. The number of hydrogen-bond donors (Lipinski definition) is 1. The molecule has 1 aliphatic carbocycles. The first-order chi connectivity index (χ1) is 10.1. The molecule has 2 fully saturated rings. The Balaban J connectivity index is 1.65. The van der Waals surface area contributed by atoms with Crippen molar-refractivity contribution < 1.29 is 19.1 Å². The first kappa shape index (κ1) is 14.6. The molecule has 2 heterocycles. The fraction of sp³-hybridized carbons (Fsp3) is 0.688. The highest BCUT2D eigenvalue weighted by molar-refractivity contribution is 5.95. The number of hydrogen-bond acceptors (Lipinski definition) is 4. The van der Waals surface area contributed by atoms with E-state index in [9.17, 15) is 9.90 Å². The van der Waals surface area contributed by atoms with Crippen molar-refractivity contribution in [2.75, 3.05) is 19.7 Å². The van der Waals surface area contributed by atoms with Gasteiger partial charge in [0, 0.05) is 31.5 Å². The Bertz CT molecular complexity index is 514. The van der Waals surface area contributed by atoms with Crippen LogP contribution >= 0.6 is 0 Å². The van der Waals surface area contributed by atoms with E-state index in [1.54, 1.807) is 19.3 Å². The van der Waals surface area contributed by atoms with Crippen LogP contribution < -0.4 is 0 Å². The third kappa shape index (κ3) is 2.28. The number of nitrogens with zero attached hydrogens (tertiary/aromatic N) is 1. The summed E-state index contributed by atoms with van der Waals surface area (Å²) in [5, 5.41) is 10.2. The highest BCUT2D eigenvalue weighted by atomic mass is 16.5. The van der Waals surface area contributed by atoms with E-state index in [-0.39, 0.29) is 23.5 Å². The molecular formula is C16H23NO4. The summed E-state index contributed by atoms with van der Waals surface area (Å²) in [7, 11) is 0. The van der Waals surface area contributed by atoms with Gasteiger partial charge in [-0.3, -0.25) is 4.79 Å². The lowest BCUT2D eigenvalue weighted by Crippen LogP contribution is -2.62. The van der Waals surface area contributed by atoms with Crippen molar-refractivity contribution >= 4 is 5.91 Å². The van der Waals surface area contributed by atoms with Crippen molar-refractivity contribution in [2.45, 2.75) is 45.3 Å². The lowest BCUT2D eigenvalue weighted by molar-refractivity contribution is -0.207. The Kier molecular flexibility index (Phi) is 3.80. The summed E-state index contributed by atoms with van der Waals surface area (Å²) in [6.45, 7) is 5.81. The second kappa shape index (κ2) is 5.46. The quantitative estimate of drug-likeness (QED) is 0.925. The number of piperidine rings is 1. The van der Waals surface area contributed by atoms with Crippen LogP contribution in [-0.2, 0) is 4.74 Å². The molecule has 1 N–H and O–H groups in total. The molecule has 116 valence electrons. The van der Waals surface area contributed by atoms with Gasteiger partial charge in [0.25, 0.3) is 5.91 Å². The van der Waals surface area contributed by atoms with Crippen LogP contribution in [0.15, 0.2) is 16.7 Å². The van der Waals surface area contributed by atoms with Crippen LogP contribution in [-0.4, -0.2) is 47.8 Å². The molecule has 2 aliphatic rings. The average Bonchev–Trinajstić information content (AvgIpc) is 2.92. The molecule has 5 heteroatoms. The van der Waals surface area contributed by atoms with Crippen LogP contribution in [0, 0.1) is 12.3 Å². The summed E-state index contributed by atoms with van der Waals surface area (Å²) in [4.78, 5) is 14.3. The van der Waals surface area contributed by atoms with E-state index in [1.807, 2.05) is 11.8 Å². The summed E-state index contributed by atoms with van der Waals surface area (Å²) in [5.74, 6) is 0.689. The number of amides is 1. The third-order valence-electron chi connectivity index (χ3n) is 5.18. The van der Waals surface area contributed by atoms with Crippen LogP contribution in [0.2, 0.25) is 0 Å². The fourth-order valence-corrected chi connectivity index (χ4v) is 3.72. The first-order valence-electron chi connectivity index (χ1n) is 7.71. The van der Waals surface area contributed by atoms with Crippen molar-refractivity contribution in [2.24, 2.45) is 5.41 Å². The van der Waals surface area contributed by atoms with E-state index in [0.717, 1.165) is 19.3 Å². The molecule has 1 spiro atoms. The normalized spacial score (nSPS) is 27.7. The third-order valence-corrected chi connectivity index (χ3v) is 5.18. The summed E-state index contributed by atoms with van der Waals surface area (Å²) in [6, 6.07) is 1.73. The summed E-state index contributed by atoms with van der Waals surface area (Å²) >= 11 is 0. The van der Waals surface area contributed by atoms with Gasteiger partial charge in [-0.25, -0.2) is 0 Å². The van der Waals surface area contributed by atoms with Gasteiger partial charge in [0.05, 0.1) is 24.0 Å². The molecule has 1 aliphatic heterocycles. The van der Waals surface area contributed by atoms with Crippen molar-refractivity contribution in [3.63, 3.8) is 0 Å². The van der Waals surface area contributed by atoms with E-state index < -0.39 is 0 Å². The lowest BCUT2D eigenvalue weighted by Gasteiger charge is -2.56. The number of ether oxygens (including phenoxy) is 1. The molecule has 0 bridgehead atoms. The zero-order chi connectivity index (χ0) is 15.0. The molecule has 0 radical (unpaired) electrons. The van der Waals surface area contributed by atoms with E-state index in [0.29, 0.717) is 31.0 Å². The second-order valence-corrected chi connectivity index (χ2v) is 6.11. The van der Waals surface area contributed by atoms with Gasteiger partial charge < -0.3 is 19.2 Å². The van der Waals surface area contributed by atoms with Gasteiger partial charge in [-0.2, -0.15) is 0 Å². The van der Waals surface area contributed by atoms with Crippen LogP contribution in [0.25, 0.3) is 0 Å². The number of aliphatic hydroxyl groups excluding tert-OH is 1. The van der Waals surface area contributed by atoms with Crippen LogP contribution in [0.4, 0.5) is 0 Å². The highest BCUT2D eigenvalue weighted by Crippen LogP contribution is 2.51.